The fraction of sp³-hybridized carbons (Fsp3) is 0. The first kappa shape index (κ1) is 13.7. The summed E-state index contributed by atoms with van der Waals surface area (Å²) < 4.78 is 0. The molecule has 0 amide bonds. The maximum Gasteiger partial charge on any atom is 0.227 e. The minimum atomic E-state index is 0.523. The fourth-order valence-electron chi connectivity index (χ4n) is 2.37. The number of H-pyrrole nitrogens is 1. The molecule has 2 N–H and O–H groups in total. The standard InChI is InChI=1S/C17H12ClN5/c18-13-2-1-3-14(9-13)21-17-19-7-6-15(22-17)11-4-5-12-10-20-23-16(12)8-11/h1-10H,(H,20,23)(H,19,21,22). The van der Waals surface area contributed by atoms with Crippen molar-refractivity contribution in [1.29, 1.82) is 0 Å². The Bertz CT molecular complexity index is 979. The molecule has 0 aliphatic heterocycles. The van der Waals surface area contributed by atoms with Gasteiger partial charge in [-0.1, -0.05) is 29.8 Å². The van der Waals surface area contributed by atoms with Gasteiger partial charge in [0.1, 0.15) is 0 Å². The first-order chi connectivity index (χ1) is 11.3. The molecular weight excluding hydrogens is 310 g/mol. The summed E-state index contributed by atoms with van der Waals surface area (Å²) in [5.41, 5.74) is 3.66. The molecule has 5 nitrogen and oxygen atoms in total. The van der Waals surface area contributed by atoms with Crippen LogP contribution in [0.2, 0.25) is 5.02 Å². The smallest absolute Gasteiger partial charge is 0.227 e. The van der Waals surface area contributed by atoms with Crippen molar-refractivity contribution < 1.29 is 0 Å². The fourth-order valence-corrected chi connectivity index (χ4v) is 2.56. The quantitative estimate of drug-likeness (QED) is 0.586. The molecule has 2 aromatic heterocycles. The van der Waals surface area contributed by atoms with E-state index in [1.54, 1.807) is 12.4 Å². The molecule has 0 saturated carbocycles. The average molecular weight is 322 g/mol. The van der Waals surface area contributed by atoms with Crippen molar-refractivity contribution in [3.8, 4) is 11.3 Å². The number of fused-ring (bicyclic) bond motifs is 1. The highest BCUT2D eigenvalue weighted by atomic mass is 35.5. The molecule has 112 valence electrons. The zero-order valence-corrected chi connectivity index (χ0v) is 12.7. The lowest BCUT2D eigenvalue weighted by molar-refractivity contribution is 1.12. The van der Waals surface area contributed by atoms with E-state index in [0.29, 0.717) is 11.0 Å². The number of halogens is 1. The zero-order valence-electron chi connectivity index (χ0n) is 12.0. The molecule has 2 aromatic carbocycles. The van der Waals surface area contributed by atoms with Gasteiger partial charge in [0.2, 0.25) is 5.95 Å². The van der Waals surface area contributed by atoms with Crippen molar-refractivity contribution in [2.24, 2.45) is 0 Å². The van der Waals surface area contributed by atoms with Crippen LogP contribution in [0.15, 0.2) is 60.9 Å². The topological polar surface area (TPSA) is 66.5 Å². The van der Waals surface area contributed by atoms with Crippen LogP contribution >= 0.6 is 11.6 Å². The summed E-state index contributed by atoms with van der Waals surface area (Å²) in [7, 11) is 0. The van der Waals surface area contributed by atoms with Gasteiger partial charge in [-0.05, 0) is 30.3 Å². The SMILES string of the molecule is Clc1cccc(Nc2nccc(-c3ccc4cn[nH]c4c3)n2)c1. The number of nitrogens with zero attached hydrogens (tertiary/aromatic N) is 3. The molecule has 0 saturated heterocycles. The predicted molar refractivity (Wildman–Crippen MR) is 91.9 cm³/mol. The minimum absolute atomic E-state index is 0.523. The van der Waals surface area contributed by atoms with Crippen LogP contribution in [0.1, 0.15) is 0 Å². The van der Waals surface area contributed by atoms with Gasteiger partial charge in [-0.3, -0.25) is 5.10 Å². The van der Waals surface area contributed by atoms with Gasteiger partial charge >= 0.3 is 0 Å². The largest absolute Gasteiger partial charge is 0.324 e. The molecule has 0 spiro atoms. The third-order valence-electron chi connectivity index (χ3n) is 3.47. The van der Waals surface area contributed by atoms with E-state index >= 15 is 0 Å². The van der Waals surface area contributed by atoms with E-state index in [1.165, 1.54) is 0 Å². The van der Waals surface area contributed by atoms with Crippen molar-refractivity contribution >= 4 is 34.1 Å². The van der Waals surface area contributed by atoms with Crippen LogP contribution in [-0.4, -0.2) is 20.2 Å². The Labute approximate surface area is 137 Å². The summed E-state index contributed by atoms with van der Waals surface area (Å²) in [4.78, 5) is 8.82. The average Bonchev–Trinajstić information content (AvgIpc) is 3.03. The van der Waals surface area contributed by atoms with Crippen molar-refractivity contribution in [2.45, 2.75) is 0 Å². The van der Waals surface area contributed by atoms with Gasteiger partial charge in [0, 0.05) is 27.9 Å². The van der Waals surface area contributed by atoms with E-state index in [0.717, 1.165) is 27.8 Å². The molecule has 0 bridgehead atoms. The van der Waals surface area contributed by atoms with E-state index in [4.69, 9.17) is 11.6 Å². The van der Waals surface area contributed by atoms with Gasteiger partial charge in [-0.15, -0.1) is 0 Å². The summed E-state index contributed by atoms with van der Waals surface area (Å²) in [6, 6.07) is 15.4. The Morgan fingerprint density at radius 1 is 1.04 bits per heavy atom. The number of aromatic amines is 1. The Balaban J connectivity index is 1.67. The van der Waals surface area contributed by atoms with Crippen LogP contribution in [0.3, 0.4) is 0 Å². The molecule has 4 rings (SSSR count). The third-order valence-corrected chi connectivity index (χ3v) is 3.71. The maximum absolute atomic E-state index is 5.99. The molecule has 23 heavy (non-hydrogen) atoms. The van der Waals surface area contributed by atoms with E-state index in [1.807, 2.05) is 48.5 Å². The van der Waals surface area contributed by atoms with Crippen LogP contribution < -0.4 is 5.32 Å². The lowest BCUT2D eigenvalue weighted by atomic mass is 10.1. The lowest BCUT2D eigenvalue weighted by Gasteiger charge is -2.07. The van der Waals surface area contributed by atoms with Crippen LogP contribution in [0.4, 0.5) is 11.6 Å². The highest BCUT2D eigenvalue weighted by Gasteiger charge is 2.05. The molecule has 2 heterocycles. The monoisotopic (exact) mass is 321 g/mol. The molecule has 0 aliphatic rings. The molecule has 0 atom stereocenters. The minimum Gasteiger partial charge on any atom is -0.324 e. The number of rotatable bonds is 3. The maximum atomic E-state index is 5.99. The van der Waals surface area contributed by atoms with Crippen molar-refractivity contribution in [3.05, 3.63) is 65.9 Å². The van der Waals surface area contributed by atoms with Gasteiger partial charge in [0.25, 0.3) is 0 Å². The number of hydrogen-bond acceptors (Lipinski definition) is 4. The summed E-state index contributed by atoms with van der Waals surface area (Å²) in [6.45, 7) is 0. The highest BCUT2D eigenvalue weighted by Crippen LogP contribution is 2.23. The summed E-state index contributed by atoms with van der Waals surface area (Å²) in [6.07, 6.45) is 3.53. The Kier molecular flexibility index (Phi) is 3.40. The Morgan fingerprint density at radius 2 is 2.00 bits per heavy atom. The van der Waals surface area contributed by atoms with E-state index < -0.39 is 0 Å². The van der Waals surface area contributed by atoms with Crippen LogP contribution in [0, 0.1) is 0 Å². The molecule has 0 unspecified atom stereocenters. The molecule has 6 heteroatoms. The molecule has 0 fully saturated rings. The molecule has 4 aromatic rings. The number of anilines is 2. The zero-order chi connectivity index (χ0) is 15.6. The van der Waals surface area contributed by atoms with Crippen molar-refractivity contribution in [3.63, 3.8) is 0 Å². The summed E-state index contributed by atoms with van der Waals surface area (Å²) in [5.74, 6) is 0.523. The van der Waals surface area contributed by atoms with E-state index in [2.05, 4.69) is 25.5 Å². The Hall–Kier alpha value is -2.92. The molecular formula is C17H12ClN5. The van der Waals surface area contributed by atoms with Crippen LogP contribution in [-0.2, 0) is 0 Å². The van der Waals surface area contributed by atoms with Crippen LogP contribution in [0.5, 0.6) is 0 Å². The second-order valence-electron chi connectivity index (χ2n) is 5.07. The highest BCUT2D eigenvalue weighted by molar-refractivity contribution is 6.30. The molecule has 0 aliphatic carbocycles. The van der Waals surface area contributed by atoms with Gasteiger partial charge in [0.05, 0.1) is 17.4 Å². The first-order valence-electron chi connectivity index (χ1n) is 7.07. The lowest BCUT2D eigenvalue weighted by Crippen LogP contribution is -1.97. The Morgan fingerprint density at radius 3 is 2.91 bits per heavy atom. The van der Waals surface area contributed by atoms with Gasteiger partial charge in [-0.25, -0.2) is 9.97 Å². The second-order valence-corrected chi connectivity index (χ2v) is 5.51. The number of aromatic nitrogens is 4. The second kappa shape index (κ2) is 5.70. The van der Waals surface area contributed by atoms with E-state index in [-0.39, 0.29) is 0 Å². The number of hydrogen-bond donors (Lipinski definition) is 2. The van der Waals surface area contributed by atoms with Gasteiger partial charge in [-0.2, -0.15) is 5.10 Å². The van der Waals surface area contributed by atoms with Gasteiger partial charge in [0.15, 0.2) is 0 Å². The summed E-state index contributed by atoms with van der Waals surface area (Å²) >= 11 is 5.99. The first-order valence-corrected chi connectivity index (χ1v) is 7.45. The van der Waals surface area contributed by atoms with Crippen LogP contribution in [0.25, 0.3) is 22.2 Å². The predicted octanol–water partition coefficient (Wildman–Crippen LogP) is 4.42. The normalized spacial score (nSPS) is 10.8. The molecule has 0 radical (unpaired) electrons. The van der Waals surface area contributed by atoms with Crippen molar-refractivity contribution in [2.75, 3.05) is 5.32 Å². The number of nitrogens with one attached hydrogen (secondary N) is 2. The number of benzene rings is 2. The summed E-state index contributed by atoms with van der Waals surface area (Å²) in [5, 5.41) is 11.9. The van der Waals surface area contributed by atoms with Gasteiger partial charge < -0.3 is 5.32 Å². The third kappa shape index (κ3) is 2.86. The van der Waals surface area contributed by atoms with Crippen molar-refractivity contribution in [1.82, 2.24) is 20.2 Å². The van der Waals surface area contributed by atoms with E-state index in [9.17, 15) is 0 Å².